The number of aliphatic hydroxyl groups excluding tert-OH is 1. The topological polar surface area (TPSA) is 20.2 Å². The molecule has 1 heteroatoms. The van der Waals surface area contributed by atoms with Crippen LogP contribution in [0.25, 0.3) is 0 Å². The highest BCUT2D eigenvalue weighted by Gasteiger charge is 1.94. The van der Waals surface area contributed by atoms with E-state index in [4.69, 9.17) is 0 Å². The summed E-state index contributed by atoms with van der Waals surface area (Å²) in [6, 6.07) is 0. The van der Waals surface area contributed by atoms with Crippen molar-refractivity contribution in [2.75, 3.05) is 0 Å². The summed E-state index contributed by atoms with van der Waals surface area (Å²) in [4.78, 5) is 0. The summed E-state index contributed by atoms with van der Waals surface area (Å²) >= 11 is 0. The molecule has 0 aliphatic carbocycles. The van der Waals surface area contributed by atoms with Crippen LogP contribution < -0.4 is 0 Å². The third-order valence-corrected chi connectivity index (χ3v) is 2.07. The average molecular weight is 194 g/mol. The predicted octanol–water partition coefficient (Wildman–Crippen LogP) is 3.62. The smallest absolute Gasteiger partial charge is 0.0752 e. The van der Waals surface area contributed by atoms with Crippen molar-refractivity contribution in [3.63, 3.8) is 0 Å². The van der Waals surface area contributed by atoms with Crippen LogP contribution in [0.2, 0.25) is 0 Å². The lowest BCUT2D eigenvalue weighted by atomic mass is 10.1. The summed E-state index contributed by atoms with van der Waals surface area (Å²) in [7, 11) is 0. The Balaban J connectivity index is 3.78. The molecular weight excluding hydrogens is 172 g/mol. The lowest BCUT2D eigenvalue weighted by Gasteiger charge is -2.02. The first-order valence-electron chi connectivity index (χ1n) is 5.16. The van der Waals surface area contributed by atoms with Gasteiger partial charge in [-0.25, -0.2) is 0 Å². The zero-order chi connectivity index (χ0) is 11.0. The average Bonchev–Trinajstić information content (AvgIpc) is 2.13. The monoisotopic (exact) mass is 194 g/mol. The fraction of sp³-hybridized carbons (Fsp3) is 0.538. The van der Waals surface area contributed by atoms with Crippen molar-refractivity contribution in [1.29, 1.82) is 0 Å². The van der Waals surface area contributed by atoms with E-state index in [-0.39, 0.29) is 0 Å². The van der Waals surface area contributed by atoms with Crippen LogP contribution in [0.4, 0.5) is 0 Å². The van der Waals surface area contributed by atoms with Gasteiger partial charge in [-0.2, -0.15) is 0 Å². The van der Waals surface area contributed by atoms with Gasteiger partial charge in [-0.15, -0.1) is 6.58 Å². The molecule has 0 radical (unpaired) electrons. The lowest BCUT2D eigenvalue weighted by molar-refractivity contribution is 0.227. The molecule has 0 aromatic heterocycles. The molecule has 0 aromatic rings. The molecule has 1 unspecified atom stereocenters. The first-order valence-corrected chi connectivity index (χ1v) is 5.16. The Morgan fingerprint density at radius 3 is 2.43 bits per heavy atom. The van der Waals surface area contributed by atoms with Gasteiger partial charge in [0.15, 0.2) is 0 Å². The standard InChI is InChI=1S/C13H22O/c1-5-13(14)10-9-12(4)8-6-7-11(2)3/h5,7,9,13-14H,1,6,8,10H2,2-4H3/b12-9+. The Bertz CT molecular complexity index is 219. The summed E-state index contributed by atoms with van der Waals surface area (Å²) in [6.45, 7) is 9.86. The second-order valence-corrected chi connectivity index (χ2v) is 3.91. The van der Waals surface area contributed by atoms with E-state index in [0.29, 0.717) is 6.42 Å². The Kier molecular flexibility index (Phi) is 7.13. The Morgan fingerprint density at radius 1 is 1.29 bits per heavy atom. The van der Waals surface area contributed by atoms with Gasteiger partial charge in [-0.1, -0.05) is 29.4 Å². The summed E-state index contributed by atoms with van der Waals surface area (Å²) < 4.78 is 0. The number of aliphatic hydroxyl groups is 1. The first kappa shape index (κ1) is 13.2. The van der Waals surface area contributed by atoms with Crippen LogP contribution >= 0.6 is 0 Å². The van der Waals surface area contributed by atoms with Crippen LogP contribution in [-0.2, 0) is 0 Å². The number of allylic oxidation sites excluding steroid dienone is 3. The van der Waals surface area contributed by atoms with Gasteiger partial charge < -0.3 is 5.11 Å². The number of rotatable bonds is 6. The molecule has 80 valence electrons. The molecule has 0 aliphatic rings. The van der Waals surface area contributed by atoms with Gasteiger partial charge in [0.1, 0.15) is 0 Å². The van der Waals surface area contributed by atoms with Crippen molar-refractivity contribution >= 4 is 0 Å². The van der Waals surface area contributed by atoms with E-state index < -0.39 is 6.10 Å². The van der Waals surface area contributed by atoms with E-state index in [1.54, 1.807) is 6.08 Å². The minimum atomic E-state index is -0.395. The van der Waals surface area contributed by atoms with Crippen LogP contribution in [-0.4, -0.2) is 11.2 Å². The summed E-state index contributed by atoms with van der Waals surface area (Å²) in [6.07, 6.45) is 8.36. The third kappa shape index (κ3) is 7.81. The molecule has 14 heavy (non-hydrogen) atoms. The maximum Gasteiger partial charge on any atom is 0.0752 e. The fourth-order valence-electron chi connectivity index (χ4n) is 1.11. The van der Waals surface area contributed by atoms with Crippen LogP contribution in [0.1, 0.15) is 40.0 Å². The highest BCUT2D eigenvalue weighted by Crippen LogP contribution is 2.08. The van der Waals surface area contributed by atoms with Gasteiger partial charge >= 0.3 is 0 Å². The molecule has 1 nitrogen and oxygen atoms in total. The van der Waals surface area contributed by atoms with Gasteiger partial charge in [0.2, 0.25) is 0 Å². The number of hydrogen-bond donors (Lipinski definition) is 1. The maximum atomic E-state index is 9.25. The van der Waals surface area contributed by atoms with Crippen molar-refractivity contribution in [3.8, 4) is 0 Å². The molecule has 0 bridgehead atoms. The van der Waals surface area contributed by atoms with E-state index in [9.17, 15) is 5.11 Å². The molecule has 0 saturated carbocycles. The molecule has 1 N–H and O–H groups in total. The van der Waals surface area contributed by atoms with E-state index >= 15 is 0 Å². The van der Waals surface area contributed by atoms with Gasteiger partial charge in [0.05, 0.1) is 6.10 Å². The van der Waals surface area contributed by atoms with Crippen molar-refractivity contribution in [2.24, 2.45) is 0 Å². The zero-order valence-corrected chi connectivity index (χ0v) is 9.59. The minimum Gasteiger partial charge on any atom is -0.389 e. The van der Waals surface area contributed by atoms with E-state index in [0.717, 1.165) is 12.8 Å². The molecule has 0 amide bonds. The summed E-state index contributed by atoms with van der Waals surface area (Å²) in [5.41, 5.74) is 2.70. The van der Waals surface area contributed by atoms with Crippen LogP contribution in [0.3, 0.4) is 0 Å². The SMILES string of the molecule is C=CC(O)C/C=C(\C)CCC=C(C)C. The predicted molar refractivity (Wildman–Crippen MR) is 63.2 cm³/mol. The van der Waals surface area contributed by atoms with Gasteiger partial charge in [-0.3, -0.25) is 0 Å². The van der Waals surface area contributed by atoms with Crippen molar-refractivity contribution < 1.29 is 5.11 Å². The molecular formula is C13H22O. The van der Waals surface area contributed by atoms with Crippen molar-refractivity contribution in [3.05, 3.63) is 36.0 Å². The summed E-state index contributed by atoms with van der Waals surface area (Å²) in [5.74, 6) is 0. The van der Waals surface area contributed by atoms with E-state index in [1.165, 1.54) is 11.1 Å². The molecule has 0 saturated heterocycles. The molecule has 0 aromatic carbocycles. The van der Waals surface area contributed by atoms with Crippen LogP contribution in [0, 0.1) is 0 Å². The highest BCUT2D eigenvalue weighted by atomic mass is 16.3. The molecule has 0 heterocycles. The van der Waals surface area contributed by atoms with E-state index in [1.807, 2.05) is 0 Å². The third-order valence-electron chi connectivity index (χ3n) is 2.07. The summed E-state index contributed by atoms with van der Waals surface area (Å²) in [5, 5.41) is 9.25. The van der Waals surface area contributed by atoms with Crippen molar-refractivity contribution in [2.45, 2.75) is 46.1 Å². The van der Waals surface area contributed by atoms with Gasteiger partial charge in [0.25, 0.3) is 0 Å². The van der Waals surface area contributed by atoms with Crippen LogP contribution in [0.5, 0.6) is 0 Å². The molecule has 0 fully saturated rings. The lowest BCUT2D eigenvalue weighted by Crippen LogP contribution is -1.98. The fourth-order valence-corrected chi connectivity index (χ4v) is 1.11. The quantitative estimate of drug-likeness (QED) is 0.640. The Morgan fingerprint density at radius 2 is 1.93 bits per heavy atom. The molecule has 0 rings (SSSR count). The highest BCUT2D eigenvalue weighted by molar-refractivity contribution is 5.03. The Labute approximate surface area is 87.8 Å². The molecule has 1 atom stereocenters. The first-order chi connectivity index (χ1) is 6.56. The Hall–Kier alpha value is -0.820. The minimum absolute atomic E-state index is 0.395. The van der Waals surface area contributed by atoms with Gasteiger partial charge in [0, 0.05) is 0 Å². The normalized spacial score (nSPS) is 13.6. The number of hydrogen-bond acceptors (Lipinski definition) is 1. The largest absolute Gasteiger partial charge is 0.389 e. The van der Waals surface area contributed by atoms with Gasteiger partial charge in [-0.05, 0) is 40.0 Å². The second kappa shape index (κ2) is 7.57. The maximum absolute atomic E-state index is 9.25. The van der Waals surface area contributed by atoms with E-state index in [2.05, 4.69) is 39.5 Å². The zero-order valence-electron chi connectivity index (χ0n) is 9.59. The second-order valence-electron chi connectivity index (χ2n) is 3.91. The molecule has 0 aliphatic heterocycles. The van der Waals surface area contributed by atoms with Crippen LogP contribution in [0.15, 0.2) is 36.0 Å². The van der Waals surface area contributed by atoms with Crippen molar-refractivity contribution in [1.82, 2.24) is 0 Å². The molecule has 0 spiro atoms.